The third-order valence-electron chi connectivity index (χ3n) is 8.09. The fourth-order valence-electron chi connectivity index (χ4n) is 6.12. The molecule has 0 saturated heterocycles. The first-order chi connectivity index (χ1) is 20.1. The molecule has 0 N–H and O–H groups in total. The van der Waals surface area contributed by atoms with E-state index in [4.69, 9.17) is 32.8 Å². The lowest BCUT2D eigenvalue weighted by molar-refractivity contribution is 0.138. The van der Waals surface area contributed by atoms with Crippen LogP contribution in [0.4, 0.5) is 0 Å². The van der Waals surface area contributed by atoms with Crippen LogP contribution < -0.4 is 28.4 Å². The maximum atomic E-state index is 6.56. The van der Waals surface area contributed by atoms with Gasteiger partial charge in [-0.05, 0) is 29.8 Å². The molecule has 2 aliphatic rings. The highest BCUT2D eigenvalue weighted by Gasteiger charge is 2.42. The maximum Gasteiger partial charge on any atom is 0.164 e. The summed E-state index contributed by atoms with van der Waals surface area (Å²) in [7, 11) is 6.60. The van der Waals surface area contributed by atoms with Crippen LogP contribution in [0, 0.1) is 0 Å². The zero-order valence-corrected chi connectivity index (χ0v) is 23.4. The number of ether oxygens (including phenoxy) is 6. The van der Waals surface area contributed by atoms with Gasteiger partial charge in [0.1, 0.15) is 40.4 Å². The first-order valence-corrected chi connectivity index (χ1v) is 13.5. The highest BCUT2D eigenvalue weighted by molar-refractivity contribution is 5.97. The zero-order chi connectivity index (χ0) is 28.1. The molecule has 1 aromatic heterocycles. The Morgan fingerprint density at radius 3 is 2.27 bits per heavy atom. The Hall–Kier alpha value is -4.78. The number of hydrogen-bond acceptors (Lipinski definition) is 7. The van der Waals surface area contributed by atoms with E-state index in [0.717, 1.165) is 62.0 Å². The number of methoxy groups -OCH3 is 4. The highest BCUT2D eigenvalue weighted by Crippen LogP contribution is 2.54. The van der Waals surface area contributed by atoms with Crippen molar-refractivity contribution in [3.05, 3.63) is 95.2 Å². The number of furan rings is 1. The van der Waals surface area contributed by atoms with Crippen LogP contribution in [0.2, 0.25) is 0 Å². The topological polar surface area (TPSA) is 68.5 Å². The summed E-state index contributed by atoms with van der Waals surface area (Å²) < 4.78 is 42.1. The molecule has 3 heterocycles. The summed E-state index contributed by atoms with van der Waals surface area (Å²) in [5.41, 5.74) is 5.78. The lowest BCUT2D eigenvalue weighted by Crippen LogP contribution is -2.24. The summed E-state index contributed by atoms with van der Waals surface area (Å²) in [4.78, 5) is 0. The van der Waals surface area contributed by atoms with Crippen molar-refractivity contribution in [1.29, 1.82) is 0 Å². The normalized spacial score (nSPS) is 16.7. The van der Waals surface area contributed by atoms with Crippen LogP contribution in [0.15, 0.2) is 77.2 Å². The fourth-order valence-corrected chi connectivity index (χ4v) is 6.12. The van der Waals surface area contributed by atoms with Gasteiger partial charge in [-0.1, -0.05) is 36.4 Å². The van der Waals surface area contributed by atoms with E-state index >= 15 is 0 Å². The maximum absolute atomic E-state index is 6.56. The summed E-state index contributed by atoms with van der Waals surface area (Å²) in [6.45, 7) is 0.497. The predicted octanol–water partition coefficient (Wildman–Crippen LogP) is 7.33. The van der Waals surface area contributed by atoms with Crippen molar-refractivity contribution in [3.63, 3.8) is 0 Å². The quantitative estimate of drug-likeness (QED) is 0.210. The number of rotatable bonds is 7. The van der Waals surface area contributed by atoms with E-state index in [9.17, 15) is 0 Å². The monoisotopic (exact) mass is 550 g/mol. The van der Waals surface area contributed by atoms with E-state index in [-0.39, 0.29) is 12.0 Å². The Morgan fingerprint density at radius 1 is 0.756 bits per heavy atom. The minimum atomic E-state index is -0.164. The zero-order valence-electron chi connectivity index (χ0n) is 23.4. The molecule has 7 rings (SSSR count). The molecule has 4 aromatic carbocycles. The molecule has 0 amide bonds. The third-order valence-corrected chi connectivity index (χ3v) is 8.09. The molecule has 0 radical (unpaired) electrons. The molecule has 2 atom stereocenters. The molecule has 7 nitrogen and oxygen atoms in total. The lowest BCUT2D eigenvalue weighted by Gasteiger charge is -2.30. The van der Waals surface area contributed by atoms with Crippen molar-refractivity contribution in [2.45, 2.75) is 18.4 Å². The van der Waals surface area contributed by atoms with Gasteiger partial charge in [-0.2, -0.15) is 0 Å². The van der Waals surface area contributed by atoms with Crippen molar-refractivity contribution >= 4 is 11.0 Å². The lowest BCUT2D eigenvalue weighted by atomic mass is 9.87. The summed E-state index contributed by atoms with van der Waals surface area (Å²) in [5.74, 6) is 5.25. The van der Waals surface area contributed by atoms with E-state index < -0.39 is 0 Å². The summed E-state index contributed by atoms with van der Waals surface area (Å²) in [6, 6.07) is 24.1. The molecule has 0 fully saturated rings. The molecule has 0 aliphatic carbocycles. The minimum absolute atomic E-state index is 0.0932. The van der Waals surface area contributed by atoms with Crippen molar-refractivity contribution in [2.24, 2.45) is 0 Å². The molecule has 0 saturated carbocycles. The second kappa shape index (κ2) is 10.0. The Labute approximate surface area is 238 Å². The van der Waals surface area contributed by atoms with Crippen LogP contribution in [0.5, 0.6) is 34.5 Å². The van der Waals surface area contributed by atoms with E-state index in [0.29, 0.717) is 30.1 Å². The highest BCUT2D eigenvalue weighted by atomic mass is 16.5. The minimum Gasteiger partial charge on any atom is -0.497 e. The standard InChI is InChI=1S/C34H30O7/c1-35-20-10-11-21-25-18-39-33-22(34(25)41-27(21)14-20)12-13-26(36-2)24(33)16-31-32(19-8-6-5-7-9-19)23-15-29(37-3)30(38-4)17-28(23)40-31/h5-15,17,25,34H,16,18H2,1-4H3/t25-,34-/m1/s1. The largest absolute Gasteiger partial charge is 0.497 e. The second-order valence-corrected chi connectivity index (χ2v) is 10.2. The number of fused-ring (bicyclic) bond motifs is 6. The Bertz CT molecular complexity index is 1760. The van der Waals surface area contributed by atoms with Crippen molar-refractivity contribution in [2.75, 3.05) is 35.0 Å². The second-order valence-electron chi connectivity index (χ2n) is 10.2. The fraction of sp³-hybridized carbons (Fsp3) is 0.235. The molecule has 41 heavy (non-hydrogen) atoms. The van der Waals surface area contributed by atoms with Crippen molar-refractivity contribution < 1.29 is 32.8 Å². The van der Waals surface area contributed by atoms with E-state index in [1.165, 1.54) is 0 Å². The molecule has 0 spiro atoms. The van der Waals surface area contributed by atoms with Gasteiger partial charge in [-0.3, -0.25) is 0 Å². The summed E-state index contributed by atoms with van der Waals surface area (Å²) in [6.07, 6.45) is 0.289. The van der Waals surface area contributed by atoms with Gasteiger partial charge < -0.3 is 32.8 Å². The van der Waals surface area contributed by atoms with Gasteiger partial charge in [0, 0.05) is 46.2 Å². The van der Waals surface area contributed by atoms with Crippen LogP contribution in [-0.4, -0.2) is 35.0 Å². The molecule has 208 valence electrons. The van der Waals surface area contributed by atoms with Crippen molar-refractivity contribution in [1.82, 2.24) is 0 Å². The van der Waals surface area contributed by atoms with Gasteiger partial charge in [0.15, 0.2) is 11.5 Å². The van der Waals surface area contributed by atoms with Crippen LogP contribution >= 0.6 is 0 Å². The van der Waals surface area contributed by atoms with E-state index in [1.54, 1.807) is 28.4 Å². The molecular weight excluding hydrogens is 520 g/mol. The number of benzene rings is 4. The van der Waals surface area contributed by atoms with Gasteiger partial charge >= 0.3 is 0 Å². The van der Waals surface area contributed by atoms with Gasteiger partial charge in [0.25, 0.3) is 0 Å². The third kappa shape index (κ3) is 4.03. The first-order valence-electron chi connectivity index (χ1n) is 13.5. The van der Waals surface area contributed by atoms with Gasteiger partial charge in [0.05, 0.1) is 41.0 Å². The predicted molar refractivity (Wildman–Crippen MR) is 155 cm³/mol. The van der Waals surface area contributed by atoms with E-state index in [2.05, 4.69) is 18.2 Å². The Kier molecular flexibility index (Phi) is 6.15. The van der Waals surface area contributed by atoms with Crippen LogP contribution in [-0.2, 0) is 6.42 Å². The Morgan fingerprint density at radius 2 is 1.51 bits per heavy atom. The van der Waals surface area contributed by atoms with Gasteiger partial charge in [0.2, 0.25) is 0 Å². The average molecular weight is 551 g/mol. The van der Waals surface area contributed by atoms with E-state index in [1.807, 2.05) is 54.6 Å². The molecule has 5 aromatic rings. The summed E-state index contributed by atoms with van der Waals surface area (Å²) >= 11 is 0. The summed E-state index contributed by atoms with van der Waals surface area (Å²) in [5, 5.41) is 0.942. The van der Waals surface area contributed by atoms with Gasteiger partial charge in [-0.25, -0.2) is 0 Å². The molecule has 2 aliphatic heterocycles. The van der Waals surface area contributed by atoms with Gasteiger partial charge in [-0.15, -0.1) is 0 Å². The molecule has 0 bridgehead atoms. The van der Waals surface area contributed by atoms with Crippen LogP contribution in [0.25, 0.3) is 22.1 Å². The first kappa shape index (κ1) is 25.2. The van der Waals surface area contributed by atoms with Crippen molar-refractivity contribution in [3.8, 4) is 45.6 Å². The number of hydrogen-bond donors (Lipinski definition) is 0. The Balaban J connectivity index is 1.36. The molecule has 7 heteroatoms. The van der Waals surface area contributed by atoms with Crippen LogP contribution in [0.1, 0.15) is 34.5 Å². The average Bonchev–Trinajstić information content (AvgIpc) is 3.57. The SMILES string of the molecule is COc1ccc2c(c1)O[C@@H]1c3ccc(OC)c(Cc4oc5cc(OC)c(OC)cc5c4-c4ccccc4)c3OC[C@H]21. The molecule has 0 unspecified atom stereocenters. The molecular formula is C34H30O7. The smallest absolute Gasteiger partial charge is 0.164 e. The van der Waals surface area contributed by atoms with Crippen LogP contribution in [0.3, 0.4) is 0 Å².